The molecule has 1 atom stereocenters. The fourth-order valence-electron chi connectivity index (χ4n) is 4.18. The monoisotopic (exact) mass is 413 g/mol. The van der Waals surface area contributed by atoms with Crippen LogP contribution < -0.4 is 0 Å². The average molecular weight is 414 g/mol. The lowest BCUT2D eigenvalue weighted by molar-refractivity contribution is -0.141. The summed E-state index contributed by atoms with van der Waals surface area (Å²) in [5.41, 5.74) is 0. The molecule has 2 fully saturated rings. The van der Waals surface area contributed by atoms with Crippen molar-refractivity contribution >= 4 is 16.0 Å². The third kappa shape index (κ3) is 5.53. The van der Waals surface area contributed by atoms with Gasteiger partial charge in [0.2, 0.25) is 15.9 Å². The minimum atomic E-state index is -3.17. The van der Waals surface area contributed by atoms with Gasteiger partial charge in [-0.1, -0.05) is 50.1 Å². The normalized spacial score (nSPS) is 20.6. The molecule has 1 saturated carbocycles. The van der Waals surface area contributed by atoms with Gasteiger partial charge in [0.25, 0.3) is 0 Å². The van der Waals surface area contributed by atoms with Gasteiger partial charge in [0.05, 0.1) is 25.7 Å². The largest absolute Gasteiger partial charge is 0.469 e. The van der Waals surface area contributed by atoms with Crippen molar-refractivity contribution in [1.82, 2.24) is 14.4 Å². The highest BCUT2D eigenvalue weighted by atomic mass is 32.2. The second-order valence-corrected chi connectivity index (χ2v) is 10.2. The summed E-state index contributed by atoms with van der Waals surface area (Å²) in [5.74, 6) is 1.30. The van der Waals surface area contributed by atoms with Gasteiger partial charge in [-0.15, -0.1) is 0 Å². The van der Waals surface area contributed by atoms with E-state index in [1.807, 2.05) is 0 Å². The summed E-state index contributed by atoms with van der Waals surface area (Å²) >= 11 is 0. The molecule has 158 valence electrons. The quantitative estimate of drug-likeness (QED) is 0.574. The van der Waals surface area contributed by atoms with E-state index in [-0.39, 0.29) is 24.2 Å². The second kappa shape index (κ2) is 9.35. The molecule has 1 aromatic rings. The lowest BCUT2D eigenvalue weighted by Crippen LogP contribution is -2.48. The van der Waals surface area contributed by atoms with Crippen molar-refractivity contribution in [2.45, 2.75) is 69.6 Å². The van der Waals surface area contributed by atoms with Crippen molar-refractivity contribution in [2.24, 2.45) is 5.92 Å². The summed E-state index contributed by atoms with van der Waals surface area (Å²) in [6.45, 7) is 0.752. The molecule has 0 spiro atoms. The zero-order valence-electron chi connectivity index (χ0n) is 16.8. The zero-order chi connectivity index (χ0) is 20.1. The van der Waals surface area contributed by atoms with Crippen LogP contribution in [0.3, 0.4) is 0 Å². The SMILES string of the molecule is COC(=O)CC(CCCC1CCCCC1)c1nc(C2CN(S(C)(=O)=O)C2)no1. The Kier molecular flexibility index (Phi) is 7.09. The van der Waals surface area contributed by atoms with Crippen molar-refractivity contribution < 1.29 is 22.5 Å². The third-order valence-electron chi connectivity index (χ3n) is 6.02. The molecule has 2 aliphatic rings. The Hall–Kier alpha value is -1.48. The molecule has 28 heavy (non-hydrogen) atoms. The predicted octanol–water partition coefficient (Wildman–Crippen LogP) is 2.83. The maximum Gasteiger partial charge on any atom is 0.306 e. The molecule has 8 nitrogen and oxygen atoms in total. The van der Waals surface area contributed by atoms with E-state index in [0.717, 1.165) is 18.8 Å². The van der Waals surface area contributed by atoms with Crippen LogP contribution in [0.1, 0.15) is 81.3 Å². The van der Waals surface area contributed by atoms with Gasteiger partial charge in [0.15, 0.2) is 5.82 Å². The van der Waals surface area contributed by atoms with E-state index in [2.05, 4.69) is 10.1 Å². The van der Waals surface area contributed by atoms with Crippen molar-refractivity contribution in [3.05, 3.63) is 11.7 Å². The number of methoxy groups -OCH3 is 1. The smallest absolute Gasteiger partial charge is 0.306 e. The van der Waals surface area contributed by atoms with E-state index in [9.17, 15) is 13.2 Å². The first-order valence-electron chi connectivity index (χ1n) is 10.2. The van der Waals surface area contributed by atoms with E-state index in [4.69, 9.17) is 9.26 Å². The highest BCUT2D eigenvalue weighted by molar-refractivity contribution is 7.88. The number of hydrogen-bond acceptors (Lipinski definition) is 7. The fraction of sp³-hybridized carbons (Fsp3) is 0.842. The Labute approximate surface area is 167 Å². The molecule has 0 aromatic carbocycles. The van der Waals surface area contributed by atoms with Gasteiger partial charge in [0.1, 0.15) is 0 Å². The van der Waals surface area contributed by atoms with E-state index in [1.54, 1.807) is 0 Å². The van der Waals surface area contributed by atoms with Crippen LogP contribution in [0.4, 0.5) is 0 Å². The molecule has 9 heteroatoms. The molecule has 0 radical (unpaired) electrons. The molecule has 1 aromatic heterocycles. The summed E-state index contributed by atoms with van der Waals surface area (Å²) in [6, 6.07) is 0. The molecular weight excluding hydrogens is 382 g/mol. The Morgan fingerprint density at radius 3 is 2.64 bits per heavy atom. The molecule has 3 rings (SSSR count). The number of hydrogen-bond donors (Lipinski definition) is 0. The second-order valence-electron chi connectivity index (χ2n) is 8.18. The van der Waals surface area contributed by atoms with Crippen molar-refractivity contribution in [3.8, 4) is 0 Å². The molecule has 1 aliphatic carbocycles. The van der Waals surface area contributed by atoms with Crippen molar-refractivity contribution in [3.63, 3.8) is 0 Å². The van der Waals surface area contributed by atoms with Gasteiger partial charge >= 0.3 is 5.97 Å². The maximum absolute atomic E-state index is 11.8. The molecule has 0 bridgehead atoms. The van der Waals surface area contributed by atoms with Gasteiger partial charge < -0.3 is 9.26 Å². The van der Waals surface area contributed by atoms with Crippen LogP contribution in [0, 0.1) is 5.92 Å². The lowest BCUT2D eigenvalue weighted by Gasteiger charge is -2.34. The Bertz CT molecular complexity index is 751. The van der Waals surface area contributed by atoms with Crippen molar-refractivity contribution in [2.75, 3.05) is 26.5 Å². The number of rotatable bonds is 9. The summed E-state index contributed by atoms with van der Waals surface area (Å²) in [4.78, 5) is 16.3. The molecule has 0 N–H and O–H groups in total. The average Bonchev–Trinajstić information content (AvgIpc) is 3.08. The number of carbonyl (C=O) groups is 1. The zero-order valence-corrected chi connectivity index (χ0v) is 17.6. The van der Waals surface area contributed by atoms with Crippen LogP contribution >= 0.6 is 0 Å². The summed E-state index contributed by atoms with van der Waals surface area (Å²) < 4.78 is 34.7. The number of aromatic nitrogens is 2. The highest BCUT2D eigenvalue weighted by Gasteiger charge is 2.37. The van der Waals surface area contributed by atoms with E-state index < -0.39 is 10.0 Å². The molecule has 1 unspecified atom stereocenters. The lowest BCUT2D eigenvalue weighted by atomic mass is 9.84. The molecule has 1 aliphatic heterocycles. The fourth-order valence-corrected chi connectivity index (χ4v) is 5.08. The number of esters is 1. The summed E-state index contributed by atoms with van der Waals surface area (Å²) in [6.07, 6.45) is 11.1. The first-order chi connectivity index (χ1) is 13.4. The van der Waals surface area contributed by atoms with Crippen molar-refractivity contribution in [1.29, 1.82) is 0 Å². The Morgan fingerprint density at radius 1 is 1.29 bits per heavy atom. The van der Waals surface area contributed by atoms with Gasteiger partial charge in [0, 0.05) is 19.0 Å². The van der Waals surface area contributed by atoms with Crippen LogP contribution in [0.15, 0.2) is 4.52 Å². The maximum atomic E-state index is 11.8. The number of nitrogens with zero attached hydrogens (tertiary/aromatic N) is 3. The predicted molar refractivity (Wildman–Crippen MR) is 103 cm³/mol. The molecule has 0 amide bonds. The number of sulfonamides is 1. The Morgan fingerprint density at radius 2 is 2.00 bits per heavy atom. The first-order valence-corrected chi connectivity index (χ1v) is 12.1. The number of carbonyl (C=O) groups excluding carboxylic acids is 1. The summed E-state index contributed by atoms with van der Waals surface area (Å²) in [5, 5.41) is 4.05. The minimum absolute atomic E-state index is 0.0479. The van der Waals surface area contributed by atoms with Crippen LogP contribution in [-0.4, -0.2) is 55.3 Å². The van der Waals surface area contributed by atoms with Crippen LogP contribution in [0.5, 0.6) is 0 Å². The third-order valence-corrected chi connectivity index (χ3v) is 7.26. The summed E-state index contributed by atoms with van der Waals surface area (Å²) in [7, 11) is -1.79. The van der Waals surface area contributed by atoms with Gasteiger partial charge in [-0.05, 0) is 12.3 Å². The minimum Gasteiger partial charge on any atom is -0.469 e. The topological polar surface area (TPSA) is 103 Å². The molecular formula is C19H31N3O5S. The van der Waals surface area contributed by atoms with Crippen LogP contribution in [0.25, 0.3) is 0 Å². The standard InChI is InChI=1S/C19H31N3O5S/c1-26-17(23)11-15(10-6-9-14-7-4-3-5-8-14)19-20-18(21-27-19)16-12-22(13-16)28(2,24)25/h14-16H,3-13H2,1-2H3. The Balaban J connectivity index is 1.57. The first kappa shape index (κ1) is 21.2. The van der Waals surface area contributed by atoms with Crippen LogP contribution in [0.2, 0.25) is 0 Å². The van der Waals surface area contributed by atoms with E-state index in [1.165, 1.54) is 56.2 Å². The highest BCUT2D eigenvalue weighted by Crippen LogP contribution is 2.33. The van der Waals surface area contributed by atoms with Gasteiger partial charge in [-0.3, -0.25) is 4.79 Å². The van der Waals surface area contributed by atoms with E-state index in [0.29, 0.717) is 24.8 Å². The molecule has 2 heterocycles. The van der Waals surface area contributed by atoms with Gasteiger partial charge in [-0.2, -0.15) is 4.98 Å². The van der Waals surface area contributed by atoms with E-state index >= 15 is 0 Å². The molecule has 1 saturated heterocycles. The number of ether oxygens (including phenoxy) is 1. The van der Waals surface area contributed by atoms with Gasteiger partial charge in [-0.25, -0.2) is 12.7 Å². The van der Waals surface area contributed by atoms with Crippen LogP contribution in [-0.2, 0) is 19.6 Å².